The Morgan fingerprint density at radius 2 is 1.89 bits per heavy atom. The van der Waals surface area contributed by atoms with Crippen molar-refractivity contribution in [2.45, 2.75) is 104 Å². The van der Waals surface area contributed by atoms with E-state index in [1.54, 1.807) is 0 Å². The van der Waals surface area contributed by atoms with Gasteiger partial charge in [-0.15, -0.1) is 0 Å². The maximum absolute atomic E-state index is 13.0. The molecule has 0 saturated heterocycles. The third-order valence-corrected chi connectivity index (χ3v) is 7.72. The zero-order valence-electron chi connectivity index (χ0n) is 24.4. The predicted molar refractivity (Wildman–Crippen MR) is 150 cm³/mol. The van der Waals surface area contributed by atoms with Gasteiger partial charge in [-0.1, -0.05) is 58.7 Å². The van der Waals surface area contributed by atoms with Gasteiger partial charge in [-0.2, -0.15) is 0 Å². The molecule has 3 N–H and O–H groups in total. The first-order valence-corrected chi connectivity index (χ1v) is 14.2. The molecular weight excluding hydrogens is 482 g/mol. The summed E-state index contributed by atoms with van der Waals surface area (Å²) >= 11 is 0. The molecule has 8 heteroatoms. The number of likely N-dealkylation sites (N-methyl/N-ethyl adjacent to an activating group) is 1. The molecule has 0 saturated carbocycles. The lowest BCUT2D eigenvalue weighted by Crippen LogP contribution is -2.60. The molecule has 0 bridgehead atoms. The van der Waals surface area contributed by atoms with E-state index in [-0.39, 0.29) is 36.3 Å². The van der Waals surface area contributed by atoms with E-state index in [2.05, 4.69) is 35.8 Å². The molecule has 0 aromatic heterocycles. The van der Waals surface area contributed by atoms with E-state index >= 15 is 0 Å². The highest BCUT2D eigenvalue weighted by Crippen LogP contribution is 2.33. The number of hydrogen-bond acceptors (Lipinski definition) is 5. The largest absolute Gasteiger partial charge is 0.490 e. The van der Waals surface area contributed by atoms with Gasteiger partial charge >= 0.3 is 0 Å². The van der Waals surface area contributed by atoms with Crippen LogP contribution >= 0.6 is 0 Å². The third-order valence-electron chi connectivity index (χ3n) is 7.72. The van der Waals surface area contributed by atoms with Gasteiger partial charge in [-0.25, -0.2) is 0 Å². The standard InChI is InChI=1S/C30H49N3O5/c1-8-12-24-17-16-23-14-10-13-22(26(23)38-24)15-11-18-31-25(34)19-32-28(35)27(30(5,6)37)33(7)29(36)21(4)20(3)9-2/h10,13-14,20-21,24,27,37H,8-9,11-12,15-19H2,1-7H3,(H,31,34)(H,32,35). The fourth-order valence-electron chi connectivity index (χ4n) is 5.10. The number of rotatable bonds is 14. The minimum atomic E-state index is -1.48. The van der Waals surface area contributed by atoms with Crippen LogP contribution in [0.3, 0.4) is 0 Å². The van der Waals surface area contributed by atoms with Crippen LogP contribution in [0.4, 0.5) is 0 Å². The molecule has 0 spiro atoms. The first kappa shape index (κ1) is 31.6. The molecule has 214 valence electrons. The van der Waals surface area contributed by atoms with Crippen LogP contribution in [0.2, 0.25) is 0 Å². The number of aryl methyl sites for hydroxylation is 2. The quantitative estimate of drug-likeness (QED) is 0.318. The van der Waals surface area contributed by atoms with E-state index in [0.29, 0.717) is 6.54 Å². The van der Waals surface area contributed by atoms with Gasteiger partial charge in [0.05, 0.1) is 18.2 Å². The molecule has 1 aliphatic heterocycles. The summed E-state index contributed by atoms with van der Waals surface area (Å²) < 4.78 is 6.28. The highest BCUT2D eigenvalue weighted by atomic mass is 16.5. The predicted octanol–water partition coefficient (Wildman–Crippen LogP) is 3.63. The number of nitrogens with one attached hydrogen (secondary N) is 2. The van der Waals surface area contributed by atoms with Gasteiger partial charge in [-0.3, -0.25) is 14.4 Å². The van der Waals surface area contributed by atoms with E-state index in [1.807, 2.05) is 20.8 Å². The molecule has 1 aromatic carbocycles. The molecule has 1 aliphatic rings. The van der Waals surface area contributed by atoms with E-state index < -0.39 is 17.6 Å². The van der Waals surface area contributed by atoms with Crippen LogP contribution in [0.5, 0.6) is 5.75 Å². The number of amides is 3. The molecule has 0 fully saturated rings. The maximum Gasteiger partial charge on any atom is 0.246 e. The Kier molecular flexibility index (Phi) is 12.1. The molecule has 8 nitrogen and oxygen atoms in total. The van der Waals surface area contributed by atoms with Crippen LogP contribution in [0.1, 0.15) is 84.8 Å². The van der Waals surface area contributed by atoms with Crippen molar-refractivity contribution in [3.8, 4) is 5.75 Å². The molecule has 0 aliphatic carbocycles. The summed E-state index contributed by atoms with van der Waals surface area (Å²) in [6.07, 6.45) is 6.90. The second kappa shape index (κ2) is 14.5. The van der Waals surface area contributed by atoms with Crippen LogP contribution in [0.15, 0.2) is 18.2 Å². The average molecular weight is 532 g/mol. The second-order valence-electron chi connectivity index (χ2n) is 11.3. The molecular formula is C30H49N3O5. The Bertz CT molecular complexity index is 942. The summed E-state index contributed by atoms with van der Waals surface area (Å²) in [6.45, 7) is 11.2. The number of para-hydroxylation sites is 1. The minimum Gasteiger partial charge on any atom is -0.490 e. The van der Waals surface area contributed by atoms with Crippen LogP contribution in [-0.4, -0.2) is 65.6 Å². The molecule has 4 atom stereocenters. The lowest BCUT2D eigenvalue weighted by molar-refractivity contribution is -0.151. The number of hydrogen-bond donors (Lipinski definition) is 3. The van der Waals surface area contributed by atoms with Crippen molar-refractivity contribution in [3.63, 3.8) is 0 Å². The highest BCUT2D eigenvalue weighted by molar-refractivity contribution is 5.91. The highest BCUT2D eigenvalue weighted by Gasteiger charge is 2.40. The smallest absolute Gasteiger partial charge is 0.246 e. The van der Waals surface area contributed by atoms with Gasteiger partial charge in [0.15, 0.2) is 0 Å². The molecule has 1 heterocycles. The normalized spacial score (nSPS) is 17.4. The lowest BCUT2D eigenvalue weighted by atomic mass is 9.90. The van der Waals surface area contributed by atoms with Gasteiger partial charge in [0.1, 0.15) is 11.8 Å². The number of nitrogens with zero attached hydrogens (tertiary/aromatic N) is 1. The molecule has 38 heavy (non-hydrogen) atoms. The van der Waals surface area contributed by atoms with Crippen molar-refractivity contribution < 1.29 is 24.2 Å². The monoisotopic (exact) mass is 531 g/mol. The summed E-state index contributed by atoms with van der Waals surface area (Å²) in [5.41, 5.74) is 0.941. The van der Waals surface area contributed by atoms with Gasteiger partial charge in [0.2, 0.25) is 17.7 Å². The SMILES string of the molecule is CCCC1CCc2cccc(CCCNC(=O)CNC(=O)C(N(C)C(=O)C(C)C(C)CC)C(C)(C)O)c2O1. The van der Waals surface area contributed by atoms with Gasteiger partial charge in [0, 0.05) is 19.5 Å². The second-order valence-corrected chi connectivity index (χ2v) is 11.3. The number of fused-ring (bicyclic) bond motifs is 1. The van der Waals surface area contributed by atoms with Crippen LogP contribution in [0, 0.1) is 11.8 Å². The van der Waals surface area contributed by atoms with Crippen molar-refractivity contribution >= 4 is 17.7 Å². The fraction of sp³-hybridized carbons (Fsp3) is 0.700. The number of aliphatic hydroxyl groups is 1. The molecule has 0 radical (unpaired) electrons. The molecule has 3 amide bonds. The summed E-state index contributed by atoms with van der Waals surface area (Å²) in [7, 11) is 1.53. The topological polar surface area (TPSA) is 108 Å². The van der Waals surface area contributed by atoms with E-state index in [0.717, 1.165) is 56.3 Å². The number of carbonyl (C=O) groups is 3. The minimum absolute atomic E-state index is 0.145. The molecule has 1 aromatic rings. The van der Waals surface area contributed by atoms with Crippen molar-refractivity contribution in [1.82, 2.24) is 15.5 Å². The van der Waals surface area contributed by atoms with Crippen LogP contribution < -0.4 is 15.4 Å². The van der Waals surface area contributed by atoms with Crippen molar-refractivity contribution in [3.05, 3.63) is 29.3 Å². The summed E-state index contributed by atoms with van der Waals surface area (Å²) in [6, 6.07) is 5.17. The Balaban J connectivity index is 1.86. The van der Waals surface area contributed by atoms with Crippen molar-refractivity contribution in [2.24, 2.45) is 11.8 Å². The fourth-order valence-corrected chi connectivity index (χ4v) is 5.10. The summed E-state index contributed by atoms with van der Waals surface area (Å²) in [5, 5.41) is 16.1. The zero-order valence-corrected chi connectivity index (χ0v) is 24.4. The number of carbonyl (C=O) groups excluding carboxylic acids is 3. The average Bonchev–Trinajstić information content (AvgIpc) is 2.88. The van der Waals surface area contributed by atoms with Gasteiger partial charge in [-0.05, 0) is 63.0 Å². The maximum atomic E-state index is 13.0. The number of benzene rings is 1. The molecule has 4 unspecified atom stereocenters. The van der Waals surface area contributed by atoms with E-state index in [1.165, 1.54) is 31.4 Å². The Hall–Kier alpha value is -2.61. The van der Waals surface area contributed by atoms with Crippen molar-refractivity contribution in [1.29, 1.82) is 0 Å². The van der Waals surface area contributed by atoms with Gasteiger partial charge in [0.25, 0.3) is 0 Å². The Morgan fingerprint density at radius 3 is 2.53 bits per heavy atom. The van der Waals surface area contributed by atoms with Crippen molar-refractivity contribution in [2.75, 3.05) is 20.1 Å². The van der Waals surface area contributed by atoms with Crippen LogP contribution in [0.25, 0.3) is 0 Å². The van der Waals surface area contributed by atoms with Crippen LogP contribution in [-0.2, 0) is 27.2 Å². The number of ether oxygens (including phenoxy) is 1. The van der Waals surface area contributed by atoms with E-state index in [9.17, 15) is 19.5 Å². The summed E-state index contributed by atoms with van der Waals surface area (Å²) in [5.74, 6) is -0.219. The first-order valence-electron chi connectivity index (χ1n) is 14.2. The lowest BCUT2D eigenvalue weighted by Gasteiger charge is -2.37. The Morgan fingerprint density at radius 1 is 1.18 bits per heavy atom. The first-order chi connectivity index (χ1) is 17.9. The zero-order chi connectivity index (χ0) is 28.5. The third kappa shape index (κ3) is 8.72. The summed E-state index contributed by atoms with van der Waals surface area (Å²) in [4.78, 5) is 39.6. The van der Waals surface area contributed by atoms with Gasteiger partial charge < -0.3 is 25.4 Å². The molecule has 2 rings (SSSR count). The van der Waals surface area contributed by atoms with E-state index in [4.69, 9.17) is 4.74 Å². The Labute approximate surface area is 228 Å².